The van der Waals surface area contributed by atoms with Crippen molar-refractivity contribution in [3.05, 3.63) is 113 Å². The van der Waals surface area contributed by atoms with Gasteiger partial charge in [0.15, 0.2) is 23.0 Å². The van der Waals surface area contributed by atoms with E-state index in [1.165, 1.54) is 26.4 Å². The Morgan fingerprint density at radius 2 is 1.39 bits per heavy atom. The zero-order valence-electron chi connectivity index (χ0n) is 25.5. The van der Waals surface area contributed by atoms with Crippen LogP contribution in [0.1, 0.15) is 39.8 Å². The van der Waals surface area contributed by atoms with E-state index >= 15 is 0 Å². The van der Waals surface area contributed by atoms with Gasteiger partial charge in [-0.3, -0.25) is 9.59 Å². The van der Waals surface area contributed by atoms with Crippen LogP contribution >= 0.6 is 0 Å². The molecular weight excluding hydrogens is 588 g/mol. The first-order valence-electron chi connectivity index (χ1n) is 14.8. The number of amides is 2. The molecule has 46 heavy (non-hydrogen) atoms. The summed E-state index contributed by atoms with van der Waals surface area (Å²) in [4.78, 5) is 26.4. The molecule has 0 unspecified atom stereocenters. The molecule has 0 bridgehead atoms. The number of methoxy groups -OCH3 is 2. The second kappa shape index (κ2) is 14.4. The molecule has 1 heterocycles. The van der Waals surface area contributed by atoms with Gasteiger partial charge in [-0.15, -0.1) is 0 Å². The van der Waals surface area contributed by atoms with Gasteiger partial charge in [0.1, 0.15) is 23.5 Å². The number of aromatic hydroxyl groups is 3. The highest BCUT2D eigenvalue weighted by Gasteiger charge is 2.42. The second-order valence-electron chi connectivity index (χ2n) is 10.8. The molecule has 0 aromatic heterocycles. The largest absolute Gasteiger partial charge is 0.508 e. The molecule has 2 amide bonds. The number of carbonyl (C=O) groups is 2. The average Bonchev–Trinajstić information content (AvgIpc) is 3.45. The highest BCUT2D eigenvalue weighted by molar-refractivity contribution is 5.92. The maximum absolute atomic E-state index is 13.8. The molecule has 1 aliphatic heterocycles. The molecule has 238 valence electrons. The van der Waals surface area contributed by atoms with Gasteiger partial charge in [-0.05, 0) is 89.7 Å². The topological polar surface area (TPSA) is 147 Å². The van der Waals surface area contributed by atoms with Gasteiger partial charge in [0.2, 0.25) is 11.8 Å². The van der Waals surface area contributed by atoms with E-state index in [2.05, 4.69) is 10.6 Å². The lowest BCUT2D eigenvalue weighted by Gasteiger charge is -2.20. The fourth-order valence-corrected chi connectivity index (χ4v) is 5.35. The third-order valence-electron chi connectivity index (χ3n) is 7.75. The van der Waals surface area contributed by atoms with Crippen LogP contribution in [-0.2, 0) is 22.4 Å². The van der Waals surface area contributed by atoms with E-state index in [0.29, 0.717) is 54.1 Å². The Bertz CT molecular complexity index is 1720. The Morgan fingerprint density at radius 1 is 0.783 bits per heavy atom. The zero-order chi connectivity index (χ0) is 32.6. The Balaban J connectivity index is 1.37. The Morgan fingerprint density at radius 3 is 2.00 bits per heavy atom. The predicted molar refractivity (Wildman–Crippen MR) is 172 cm³/mol. The Labute approximate surface area is 266 Å². The van der Waals surface area contributed by atoms with Crippen molar-refractivity contribution < 1.29 is 39.1 Å². The Hall–Kier alpha value is -5.64. The van der Waals surface area contributed by atoms with Crippen molar-refractivity contribution in [2.24, 2.45) is 0 Å². The monoisotopic (exact) mass is 624 g/mol. The molecule has 0 spiro atoms. The summed E-state index contributed by atoms with van der Waals surface area (Å²) in [6.45, 7) is 0.765. The molecule has 4 aromatic rings. The van der Waals surface area contributed by atoms with Crippen LogP contribution in [0.3, 0.4) is 0 Å². The maximum Gasteiger partial charge on any atom is 0.244 e. The van der Waals surface area contributed by atoms with E-state index in [4.69, 9.17) is 14.2 Å². The molecule has 10 nitrogen and oxygen atoms in total. The Kier molecular flexibility index (Phi) is 9.97. The van der Waals surface area contributed by atoms with Gasteiger partial charge < -0.3 is 40.2 Å². The summed E-state index contributed by atoms with van der Waals surface area (Å²) in [6.07, 6.45) is 3.47. The second-order valence-corrected chi connectivity index (χ2v) is 10.8. The lowest BCUT2D eigenvalue weighted by molar-refractivity contribution is -0.124. The van der Waals surface area contributed by atoms with Gasteiger partial charge in [0.25, 0.3) is 0 Å². The first-order valence-corrected chi connectivity index (χ1v) is 14.8. The van der Waals surface area contributed by atoms with Crippen molar-refractivity contribution in [1.82, 2.24) is 10.6 Å². The van der Waals surface area contributed by atoms with Gasteiger partial charge in [0, 0.05) is 24.7 Å². The molecule has 0 radical (unpaired) electrons. The van der Waals surface area contributed by atoms with Crippen LogP contribution < -0.4 is 24.8 Å². The van der Waals surface area contributed by atoms with E-state index in [0.717, 1.165) is 11.1 Å². The van der Waals surface area contributed by atoms with Crippen LogP contribution in [0.4, 0.5) is 0 Å². The number of rotatable bonds is 12. The summed E-state index contributed by atoms with van der Waals surface area (Å²) in [5.74, 6) is 0.0356. The van der Waals surface area contributed by atoms with E-state index in [1.807, 2.05) is 0 Å². The molecule has 5 N–H and O–H groups in total. The summed E-state index contributed by atoms with van der Waals surface area (Å²) >= 11 is 0. The van der Waals surface area contributed by atoms with Crippen molar-refractivity contribution >= 4 is 17.9 Å². The molecule has 0 saturated carbocycles. The molecule has 0 fully saturated rings. The lowest BCUT2D eigenvalue weighted by atomic mass is 9.89. The normalized spacial score (nSPS) is 15.2. The predicted octanol–water partition coefficient (Wildman–Crippen LogP) is 4.77. The molecule has 5 rings (SSSR count). The van der Waals surface area contributed by atoms with Gasteiger partial charge in [-0.25, -0.2) is 0 Å². The maximum atomic E-state index is 13.8. The van der Waals surface area contributed by atoms with Crippen molar-refractivity contribution in [2.45, 2.75) is 24.9 Å². The summed E-state index contributed by atoms with van der Waals surface area (Å²) in [5.41, 5.74) is 3.79. The number of hydrogen-bond donors (Lipinski definition) is 5. The number of benzene rings is 4. The minimum atomic E-state index is -0.787. The number of ether oxygens (including phenoxy) is 3. The van der Waals surface area contributed by atoms with Crippen molar-refractivity contribution in [2.75, 3.05) is 27.3 Å². The number of hydrogen-bond acceptors (Lipinski definition) is 8. The molecule has 10 heteroatoms. The third kappa shape index (κ3) is 7.52. The highest BCUT2D eigenvalue weighted by atomic mass is 16.5. The van der Waals surface area contributed by atoms with Crippen molar-refractivity contribution in [3.63, 3.8) is 0 Å². The summed E-state index contributed by atoms with van der Waals surface area (Å²) < 4.78 is 17.3. The van der Waals surface area contributed by atoms with Gasteiger partial charge in [0.05, 0.1) is 14.2 Å². The summed E-state index contributed by atoms with van der Waals surface area (Å²) in [7, 11) is 2.95. The first-order chi connectivity index (χ1) is 22.2. The molecule has 0 aliphatic carbocycles. The van der Waals surface area contributed by atoms with E-state index in [1.54, 1.807) is 78.9 Å². The standard InChI is InChI=1S/C36H36N2O8/c1-44-30-21-25(8-13-29(30)41)34-33(36(43)38-18-16-23-5-11-27(40)12-6-23)28-19-24(20-31(45-2)35(28)46-34)7-14-32(42)37-17-15-22-3-9-26(39)10-4-22/h3-14,19-21,33-34,39-41H,15-18H2,1-2H3,(H,37,42)(H,38,43)/b14-7-/t33-,34+/m0/s1. The van der Waals surface area contributed by atoms with Crippen LogP contribution in [0, 0.1) is 0 Å². The van der Waals surface area contributed by atoms with Gasteiger partial charge in [-0.2, -0.15) is 0 Å². The zero-order valence-corrected chi connectivity index (χ0v) is 25.5. The molecule has 2 atom stereocenters. The molecule has 1 aliphatic rings. The minimum absolute atomic E-state index is 0.0389. The number of carbonyl (C=O) groups excluding carboxylic acids is 2. The number of fused-ring (bicyclic) bond motifs is 1. The average molecular weight is 625 g/mol. The SMILES string of the molecule is COc1cc([C@H]2Oc3c(OC)cc(/C=C\C(=O)NCCc4ccc(O)cc4)cc3[C@@H]2C(=O)NCCc2ccc(O)cc2)ccc1O. The quantitative estimate of drug-likeness (QED) is 0.142. The van der Waals surface area contributed by atoms with E-state index in [-0.39, 0.29) is 34.8 Å². The molecule has 4 aromatic carbocycles. The van der Waals surface area contributed by atoms with Crippen LogP contribution in [-0.4, -0.2) is 54.4 Å². The van der Waals surface area contributed by atoms with Gasteiger partial charge in [-0.1, -0.05) is 30.3 Å². The highest BCUT2D eigenvalue weighted by Crippen LogP contribution is 2.51. The summed E-state index contributed by atoms with van der Waals surface area (Å²) in [6, 6.07) is 22.0. The molecular formula is C36H36N2O8. The molecule has 0 saturated heterocycles. The van der Waals surface area contributed by atoms with Crippen molar-refractivity contribution in [1.29, 1.82) is 0 Å². The van der Waals surface area contributed by atoms with Crippen LogP contribution in [0.15, 0.2) is 84.9 Å². The van der Waals surface area contributed by atoms with Crippen molar-refractivity contribution in [3.8, 4) is 34.5 Å². The number of nitrogens with one attached hydrogen (secondary N) is 2. The summed E-state index contributed by atoms with van der Waals surface area (Å²) in [5, 5.41) is 35.1. The fourth-order valence-electron chi connectivity index (χ4n) is 5.35. The minimum Gasteiger partial charge on any atom is -0.508 e. The van der Waals surface area contributed by atoms with Crippen LogP contribution in [0.5, 0.6) is 34.5 Å². The fraction of sp³-hybridized carbons (Fsp3) is 0.222. The van der Waals surface area contributed by atoms with Crippen LogP contribution in [0.25, 0.3) is 6.08 Å². The first kappa shape index (κ1) is 31.8. The third-order valence-corrected chi connectivity index (χ3v) is 7.75. The number of phenols is 3. The van der Waals surface area contributed by atoms with E-state index in [9.17, 15) is 24.9 Å². The van der Waals surface area contributed by atoms with Gasteiger partial charge >= 0.3 is 0 Å². The number of phenolic OH excluding ortho intramolecular Hbond substituents is 3. The smallest absolute Gasteiger partial charge is 0.244 e. The van der Waals surface area contributed by atoms with E-state index < -0.39 is 12.0 Å². The lowest BCUT2D eigenvalue weighted by Crippen LogP contribution is -2.33. The van der Waals surface area contributed by atoms with Crippen LogP contribution in [0.2, 0.25) is 0 Å².